The van der Waals surface area contributed by atoms with Crippen LogP contribution in [0.15, 0.2) is 18.2 Å². The summed E-state index contributed by atoms with van der Waals surface area (Å²) in [5, 5.41) is 5.55. The van der Waals surface area contributed by atoms with Crippen molar-refractivity contribution in [3.05, 3.63) is 29.0 Å². The topological polar surface area (TPSA) is 61.4 Å². The number of rotatable bonds is 6. The minimum Gasteiger partial charge on any atom is -0.352 e. The molecule has 1 aliphatic rings. The monoisotopic (exact) mass is 313 g/mol. The van der Waals surface area contributed by atoms with Crippen LogP contribution in [0.5, 0.6) is 0 Å². The van der Waals surface area contributed by atoms with E-state index in [2.05, 4.69) is 10.6 Å². The molecule has 1 saturated carbocycles. The predicted molar refractivity (Wildman–Crippen MR) is 78.7 cm³/mol. The molecular weight excluding hydrogens is 297 g/mol. The maximum absolute atomic E-state index is 13.5. The lowest BCUT2D eigenvalue weighted by atomic mass is 10.3. The minimum atomic E-state index is -0.593. The van der Waals surface area contributed by atoms with Gasteiger partial charge in [-0.15, -0.1) is 0 Å². The highest BCUT2D eigenvalue weighted by atomic mass is 35.5. The van der Waals surface area contributed by atoms with Gasteiger partial charge >= 0.3 is 0 Å². The van der Waals surface area contributed by atoms with Crippen LogP contribution >= 0.6 is 11.6 Å². The number of likely N-dealkylation sites (N-methyl/N-ethyl adjacent to an activating group) is 1. The van der Waals surface area contributed by atoms with Crippen LogP contribution < -0.4 is 10.6 Å². The van der Waals surface area contributed by atoms with E-state index in [1.54, 1.807) is 11.9 Å². The maximum atomic E-state index is 13.5. The van der Waals surface area contributed by atoms with Gasteiger partial charge in [-0.05, 0) is 38.1 Å². The summed E-state index contributed by atoms with van der Waals surface area (Å²) in [6.07, 6.45) is 2.04. The summed E-state index contributed by atoms with van der Waals surface area (Å²) in [7, 11) is 1.66. The molecule has 1 fully saturated rings. The van der Waals surface area contributed by atoms with Gasteiger partial charge in [0.25, 0.3) is 0 Å². The van der Waals surface area contributed by atoms with Gasteiger partial charge in [0.2, 0.25) is 11.8 Å². The smallest absolute Gasteiger partial charge is 0.238 e. The highest BCUT2D eigenvalue weighted by molar-refractivity contribution is 6.30. The Kier molecular flexibility index (Phi) is 5.14. The van der Waals surface area contributed by atoms with Crippen molar-refractivity contribution in [3.8, 4) is 0 Å². The number of carbonyl (C=O) groups excluding carboxylic acids is 2. The van der Waals surface area contributed by atoms with Crippen molar-refractivity contribution in [2.45, 2.75) is 18.9 Å². The molecule has 0 heterocycles. The Morgan fingerprint density at radius 1 is 1.33 bits per heavy atom. The molecule has 1 aliphatic carbocycles. The Morgan fingerprint density at radius 2 is 2.00 bits per heavy atom. The fourth-order valence-corrected chi connectivity index (χ4v) is 1.99. The minimum absolute atomic E-state index is 0.000152. The Balaban J connectivity index is 1.78. The van der Waals surface area contributed by atoms with E-state index in [0.717, 1.165) is 18.9 Å². The summed E-state index contributed by atoms with van der Waals surface area (Å²) in [5.41, 5.74) is 0.0697. The van der Waals surface area contributed by atoms with Gasteiger partial charge in [-0.1, -0.05) is 11.6 Å². The number of hydrogen-bond acceptors (Lipinski definition) is 3. The van der Waals surface area contributed by atoms with Gasteiger partial charge in [0, 0.05) is 11.1 Å². The Morgan fingerprint density at radius 3 is 2.62 bits per heavy atom. The van der Waals surface area contributed by atoms with Crippen molar-refractivity contribution in [2.75, 3.05) is 25.5 Å². The first-order valence-electron chi connectivity index (χ1n) is 6.67. The molecule has 0 aromatic heterocycles. The van der Waals surface area contributed by atoms with Crippen molar-refractivity contribution in [2.24, 2.45) is 0 Å². The van der Waals surface area contributed by atoms with E-state index in [1.165, 1.54) is 12.1 Å². The van der Waals surface area contributed by atoms with E-state index >= 15 is 0 Å². The summed E-state index contributed by atoms with van der Waals surface area (Å²) in [4.78, 5) is 24.9. The van der Waals surface area contributed by atoms with Crippen molar-refractivity contribution >= 4 is 29.1 Å². The number of nitrogens with one attached hydrogen (secondary N) is 2. The molecule has 5 nitrogen and oxygen atoms in total. The van der Waals surface area contributed by atoms with Crippen LogP contribution in [0.1, 0.15) is 12.8 Å². The second-order valence-electron chi connectivity index (χ2n) is 5.19. The Hall–Kier alpha value is -1.66. The van der Waals surface area contributed by atoms with Crippen LogP contribution in [-0.4, -0.2) is 42.9 Å². The van der Waals surface area contributed by atoms with Gasteiger partial charge < -0.3 is 10.6 Å². The second kappa shape index (κ2) is 6.87. The first-order chi connectivity index (χ1) is 9.94. The zero-order valence-electron chi connectivity index (χ0n) is 11.7. The maximum Gasteiger partial charge on any atom is 0.238 e. The average molecular weight is 314 g/mol. The molecule has 2 amide bonds. The molecule has 1 aromatic rings. The molecule has 0 saturated heterocycles. The molecule has 1 aromatic carbocycles. The summed E-state index contributed by atoms with van der Waals surface area (Å²) in [6, 6.07) is 4.31. The lowest BCUT2D eigenvalue weighted by Gasteiger charge is -2.16. The van der Waals surface area contributed by atoms with Crippen LogP contribution in [0, 0.1) is 5.82 Å². The molecular formula is C14H17ClFN3O2. The largest absolute Gasteiger partial charge is 0.352 e. The van der Waals surface area contributed by atoms with Gasteiger partial charge in [0.15, 0.2) is 0 Å². The molecule has 21 heavy (non-hydrogen) atoms. The highest BCUT2D eigenvalue weighted by Crippen LogP contribution is 2.19. The summed E-state index contributed by atoms with van der Waals surface area (Å²) >= 11 is 5.64. The molecule has 114 valence electrons. The summed E-state index contributed by atoms with van der Waals surface area (Å²) in [5.74, 6) is -1.09. The summed E-state index contributed by atoms with van der Waals surface area (Å²) in [6.45, 7) is 0.132. The molecule has 0 radical (unpaired) electrons. The van der Waals surface area contributed by atoms with E-state index < -0.39 is 11.7 Å². The molecule has 0 spiro atoms. The average Bonchev–Trinajstić information content (AvgIpc) is 3.16. The first kappa shape index (κ1) is 15.7. The number of halogens is 2. The molecule has 0 aliphatic heterocycles. The second-order valence-corrected chi connectivity index (χ2v) is 5.62. The molecule has 0 bridgehead atoms. The van der Waals surface area contributed by atoms with Crippen molar-refractivity contribution < 1.29 is 14.0 Å². The third-order valence-corrected chi connectivity index (χ3v) is 3.21. The number of nitrogens with zero attached hydrogens (tertiary/aromatic N) is 1. The van der Waals surface area contributed by atoms with Crippen LogP contribution in [0.2, 0.25) is 5.02 Å². The highest BCUT2D eigenvalue weighted by Gasteiger charge is 2.23. The third kappa shape index (κ3) is 5.32. The number of benzene rings is 1. The Bertz CT molecular complexity index is 549. The summed E-state index contributed by atoms with van der Waals surface area (Å²) < 4.78 is 13.5. The zero-order valence-corrected chi connectivity index (χ0v) is 12.4. The van der Waals surface area contributed by atoms with Crippen molar-refractivity contribution in [1.29, 1.82) is 0 Å². The lowest BCUT2D eigenvalue weighted by molar-refractivity contribution is -0.123. The van der Waals surface area contributed by atoms with E-state index in [4.69, 9.17) is 11.6 Å². The van der Waals surface area contributed by atoms with Gasteiger partial charge in [-0.3, -0.25) is 14.5 Å². The Labute approximate surface area is 127 Å². The number of hydrogen-bond donors (Lipinski definition) is 2. The SMILES string of the molecule is CN(CC(=O)Nc1ccc(Cl)cc1F)CC(=O)NC1CC1. The molecule has 2 rings (SSSR count). The fourth-order valence-electron chi connectivity index (χ4n) is 1.83. The third-order valence-electron chi connectivity index (χ3n) is 2.97. The number of amides is 2. The standard InChI is InChI=1S/C14H17ClFN3O2/c1-19(7-13(20)17-10-3-4-10)8-14(21)18-12-5-2-9(15)6-11(12)16/h2,5-6,10H,3-4,7-8H2,1H3,(H,17,20)(H,18,21). The predicted octanol–water partition coefficient (Wildman–Crippen LogP) is 1.63. The molecule has 7 heteroatoms. The van der Waals surface area contributed by atoms with E-state index in [9.17, 15) is 14.0 Å². The van der Waals surface area contributed by atoms with E-state index in [-0.39, 0.29) is 29.7 Å². The quantitative estimate of drug-likeness (QED) is 0.839. The normalized spacial score (nSPS) is 14.1. The fraction of sp³-hybridized carbons (Fsp3) is 0.429. The van der Waals surface area contributed by atoms with Crippen LogP contribution in [-0.2, 0) is 9.59 Å². The van der Waals surface area contributed by atoms with Gasteiger partial charge in [-0.2, -0.15) is 0 Å². The van der Waals surface area contributed by atoms with Crippen molar-refractivity contribution in [3.63, 3.8) is 0 Å². The first-order valence-corrected chi connectivity index (χ1v) is 7.04. The molecule has 0 atom stereocenters. The van der Waals surface area contributed by atoms with Gasteiger partial charge in [-0.25, -0.2) is 4.39 Å². The zero-order chi connectivity index (χ0) is 15.4. The van der Waals surface area contributed by atoms with Gasteiger partial charge in [0.05, 0.1) is 18.8 Å². The van der Waals surface area contributed by atoms with Crippen LogP contribution in [0.3, 0.4) is 0 Å². The lowest BCUT2D eigenvalue weighted by Crippen LogP contribution is -2.39. The van der Waals surface area contributed by atoms with E-state index in [1.807, 2.05) is 0 Å². The molecule has 2 N–H and O–H groups in total. The van der Waals surface area contributed by atoms with E-state index in [0.29, 0.717) is 6.04 Å². The van der Waals surface area contributed by atoms with Crippen LogP contribution in [0.25, 0.3) is 0 Å². The number of anilines is 1. The molecule has 0 unspecified atom stereocenters. The van der Waals surface area contributed by atoms with Crippen molar-refractivity contribution in [1.82, 2.24) is 10.2 Å². The van der Waals surface area contributed by atoms with Crippen LogP contribution in [0.4, 0.5) is 10.1 Å². The number of carbonyl (C=O) groups is 2. The van der Waals surface area contributed by atoms with Gasteiger partial charge in [0.1, 0.15) is 5.82 Å².